The van der Waals surface area contributed by atoms with Crippen LogP contribution in [0.1, 0.15) is 54.4 Å². The van der Waals surface area contributed by atoms with Gasteiger partial charge >= 0.3 is 0 Å². The number of ketones is 1. The molecule has 0 amide bonds. The van der Waals surface area contributed by atoms with Crippen molar-refractivity contribution in [2.45, 2.75) is 54.4 Å². The van der Waals surface area contributed by atoms with Crippen molar-refractivity contribution in [1.82, 2.24) is 4.72 Å². The third-order valence-corrected chi connectivity index (χ3v) is 3.60. The molecule has 0 fully saturated rings. The van der Waals surface area contributed by atoms with Crippen molar-refractivity contribution in [3.05, 3.63) is 14.0 Å². The molecule has 127 valence electrons. The van der Waals surface area contributed by atoms with Crippen molar-refractivity contribution in [3.63, 3.8) is 0 Å². The molecule has 0 bridgehead atoms. The van der Waals surface area contributed by atoms with Gasteiger partial charge in [0.05, 0.1) is 5.75 Å². The topological polar surface area (TPSA) is 63.2 Å². The minimum Gasteiger partial charge on any atom is -0.368 e. The second-order valence-electron chi connectivity index (χ2n) is 6.79. The van der Waals surface area contributed by atoms with E-state index in [1.165, 1.54) is 0 Å². The van der Waals surface area contributed by atoms with Gasteiger partial charge in [0.1, 0.15) is 5.78 Å². The Balaban J connectivity index is -0.000000385. The fraction of sp³-hybridized carbons (Fsp3) is 0.688. The van der Waals surface area contributed by atoms with Crippen LogP contribution in [0.2, 0.25) is 0 Å². The average Bonchev–Trinajstić information content (AvgIpc) is 2.26. The van der Waals surface area contributed by atoms with E-state index >= 15 is 0 Å². The van der Waals surface area contributed by atoms with Crippen molar-refractivity contribution < 1.29 is 45.9 Å². The molecule has 0 atom stereocenters. The molecule has 22 heavy (non-hydrogen) atoms. The quantitative estimate of drug-likeness (QED) is 0.566. The van der Waals surface area contributed by atoms with Crippen LogP contribution in [0.5, 0.6) is 0 Å². The van der Waals surface area contributed by atoms with Crippen molar-refractivity contribution in [1.29, 1.82) is 0 Å². The molecule has 0 saturated heterocycles. The molecule has 1 N–H and O–H groups in total. The van der Waals surface area contributed by atoms with Crippen LogP contribution in [0.25, 0.3) is 0 Å². The number of Topliss-reactive ketones (excluding diaryl/α,β-unsaturated/α-hetero) is 1. The van der Waals surface area contributed by atoms with E-state index in [1.54, 1.807) is 0 Å². The first kappa shape index (κ1) is 27.0. The Bertz CT molecular complexity index is 474. The van der Waals surface area contributed by atoms with E-state index in [-0.39, 0.29) is 55.1 Å². The Morgan fingerprint density at radius 2 is 1.59 bits per heavy atom. The Kier molecular flexibility index (Phi) is 14.3. The van der Waals surface area contributed by atoms with Gasteiger partial charge in [-0.3, -0.25) is 17.8 Å². The molecular weight excluding hydrogens is 375 g/mol. The standard InChI is InChI=1S/C9H18NO3S.C7H11.Y/c1-9(2,3)8(11)6-5-7-14(12,13)10-4;1-5-6-7(2,3)4;/h10H,4-7H2,1-3H3;1H2,2-4H3;/q2*-1;. The second kappa shape index (κ2) is 11.6. The summed E-state index contributed by atoms with van der Waals surface area (Å²) in [7, 11) is -0.193. The molecule has 6 heteroatoms. The zero-order chi connectivity index (χ0) is 17.3. The van der Waals surface area contributed by atoms with E-state index in [4.69, 9.17) is 0 Å². The van der Waals surface area contributed by atoms with Gasteiger partial charge in [-0.05, 0) is 6.42 Å². The second-order valence-corrected chi connectivity index (χ2v) is 8.72. The summed E-state index contributed by atoms with van der Waals surface area (Å²) in [5.74, 6) is 5.57. The van der Waals surface area contributed by atoms with E-state index in [0.29, 0.717) is 12.8 Å². The number of rotatable bonds is 5. The van der Waals surface area contributed by atoms with Crippen LogP contribution in [0.15, 0.2) is 0 Å². The first-order chi connectivity index (χ1) is 9.25. The molecule has 1 radical (unpaired) electrons. The molecule has 0 rings (SSSR count). The van der Waals surface area contributed by atoms with Crippen LogP contribution < -0.4 is 4.72 Å². The number of carbonyl (C=O) groups is 1. The van der Waals surface area contributed by atoms with Crippen LogP contribution in [0.4, 0.5) is 0 Å². The first-order valence-electron chi connectivity index (χ1n) is 6.84. The normalized spacial score (nSPS) is 11.2. The van der Waals surface area contributed by atoms with Crippen LogP contribution >= 0.6 is 0 Å². The summed E-state index contributed by atoms with van der Waals surface area (Å²) in [5.41, 5.74) is -0.261. The van der Waals surface area contributed by atoms with Gasteiger partial charge in [0.25, 0.3) is 0 Å². The maximum Gasteiger partial charge on any atom is 0.184 e. The number of carbonyl (C=O) groups excluding carboxylic acids is 1. The van der Waals surface area contributed by atoms with Gasteiger partial charge < -0.3 is 10.6 Å². The monoisotopic (exact) mass is 404 g/mol. The van der Waals surface area contributed by atoms with E-state index in [9.17, 15) is 13.2 Å². The van der Waals surface area contributed by atoms with Gasteiger partial charge in [0, 0.05) is 44.5 Å². The molecular formula is C16H29NO3SY-2. The van der Waals surface area contributed by atoms with Gasteiger partial charge in [-0.15, -0.1) is 0 Å². The van der Waals surface area contributed by atoms with E-state index in [1.807, 2.05) is 25.5 Å². The van der Waals surface area contributed by atoms with E-state index in [0.717, 1.165) is 0 Å². The molecule has 0 aromatic carbocycles. The number of hydrogen-bond acceptors (Lipinski definition) is 3. The summed E-state index contributed by atoms with van der Waals surface area (Å²) in [6.45, 7) is 15.1. The molecule has 0 aliphatic rings. The Labute approximate surface area is 162 Å². The molecule has 0 aliphatic carbocycles. The minimum absolute atomic E-state index is 0. The summed E-state index contributed by atoms with van der Waals surface area (Å²) in [5, 5.41) is 0. The number of sulfonamides is 1. The largest absolute Gasteiger partial charge is 0.368 e. The van der Waals surface area contributed by atoms with Gasteiger partial charge in [0.15, 0.2) is 10.0 Å². The van der Waals surface area contributed by atoms with Crippen molar-refractivity contribution in [3.8, 4) is 11.8 Å². The molecule has 0 unspecified atom stereocenters. The van der Waals surface area contributed by atoms with Gasteiger partial charge in [0.2, 0.25) is 0 Å². The Hall–Kier alpha value is 0.114. The molecule has 0 heterocycles. The van der Waals surface area contributed by atoms with Crippen molar-refractivity contribution in [2.24, 2.45) is 10.8 Å². The Morgan fingerprint density at radius 1 is 1.14 bits per heavy atom. The minimum atomic E-state index is -3.27. The van der Waals surface area contributed by atoms with Crippen LogP contribution in [-0.4, -0.2) is 20.0 Å². The molecule has 0 aliphatic heterocycles. The molecule has 0 aromatic heterocycles. The maximum atomic E-state index is 11.4. The van der Waals surface area contributed by atoms with Crippen molar-refractivity contribution >= 4 is 15.8 Å². The molecule has 4 nitrogen and oxygen atoms in total. The summed E-state index contributed by atoms with van der Waals surface area (Å²) in [6.07, 6.45) is 0.644. The smallest absolute Gasteiger partial charge is 0.184 e. The SMILES string of the molecule is [CH2-]C#CC(C)(C)C.[CH2-]NS(=O)(=O)CCCC(=O)C(C)(C)C.[Y]. The zero-order valence-corrected chi connectivity index (χ0v) is 18.4. The van der Waals surface area contributed by atoms with Crippen LogP contribution in [0.3, 0.4) is 0 Å². The Morgan fingerprint density at radius 3 is 1.82 bits per heavy atom. The fourth-order valence-corrected chi connectivity index (χ4v) is 1.80. The predicted molar refractivity (Wildman–Crippen MR) is 88.6 cm³/mol. The van der Waals surface area contributed by atoms with Crippen LogP contribution in [-0.2, 0) is 47.5 Å². The van der Waals surface area contributed by atoms with E-state index in [2.05, 4.69) is 46.6 Å². The molecule has 0 spiro atoms. The van der Waals surface area contributed by atoms with Gasteiger partial charge in [-0.25, -0.2) is 8.42 Å². The third kappa shape index (κ3) is 18.2. The summed E-state index contributed by atoms with van der Waals surface area (Å²) in [4.78, 5) is 11.4. The van der Waals surface area contributed by atoms with Gasteiger partial charge in [-0.1, -0.05) is 47.0 Å². The third-order valence-electron chi connectivity index (χ3n) is 2.34. The summed E-state index contributed by atoms with van der Waals surface area (Å²) in [6, 6.07) is 0. The summed E-state index contributed by atoms with van der Waals surface area (Å²) < 4.78 is 23.9. The number of nitrogens with one attached hydrogen (secondary N) is 1. The average molecular weight is 404 g/mol. The first-order valence-corrected chi connectivity index (χ1v) is 8.49. The van der Waals surface area contributed by atoms with Crippen LogP contribution in [0, 0.1) is 36.6 Å². The maximum absolute atomic E-state index is 11.4. The predicted octanol–water partition coefficient (Wildman–Crippen LogP) is 2.96. The molecule has 0 saturated carbocycles. The fourth-order valence-electron chi connectivity index (χ4n) is 1.14. The van der Waals surface area contributed by atoms with Gasteiger partial charge in [-0.2, -0.15) is 6.92 Å². The summed E-state index contributed by atoms with van der Waals surface area (Å²) >= 11 is 0. The van der Waals surface area contributed by atoms with E-state index < -0.39 is 10.0 Å². The zero-order valence-electron chi connectivity index (χ0n) is 14.7. The van der Waals surface area contributed by atoms with Crippen molar-refractivity contribution in [2.75, 3.05) is 5.75 Å². The number of hydrogen-bond donors (Lipinski definition) is 1. The molecule has 0 aromatic rings.